The molecule has 2 atom stereocenters. The molecule has 2 unspecified atom stereocenters. The molecule has 2 rings (SSSR count). The average Bonchev–Trinajstić information content (AvgIpc) is 2.90. The van der Waals surface area contributed by atoms with Gasteiger partial charge in [0.25, 0.3) is 0 Å². The first-order chi connectivity index (χ1) is 8.33. The summed E-state index contributed by atoms with van der Waals surface area (Å²) in [5.74, 6) is 1.20. The Kier molecular flexibility index (Phi) is 4.92. The van der Waals surface area contributed by atoms with Gasteiger partial charge in [-0.2, -0.15) is 0 Å². The van der Waals surface area contributed by atoms with Crippen LogP contribution >= 0.6 is 23.1 Å². The molecule has 2 heterocycles. The van der Waals surface area contributed by atoms with Crippen molar-refractivity contribution in [3.05, 3.63) is 22.4 Å². The number of thioether (sulfide) groups is 1. The van der Waals surface area contributed by atoms with Gasteiger partial charge >= 0.3 is 0 Å². The van der Waals surface area contributed by atoms with Gasteiger partial charge in [-0.05, 0) is 30.7 Å². The van der Waals surface area contributed by atoms with E-state index in [4.69, 9.17) is 4.99 Å². The molecular weight excluding hydrogens is 248 g/mol. The zero-order valence-electron chi connectivity index (χ0n) is 10.5. The van der Waals surface area contributed by atoms with Crippen molar-refractivity contribution in [2.75, 3.05) is 5.75 Å². The fourth-order valence-corrected chi connectivity index (χ4v) is 3.84. The molecule has 0 aliphatic carbocycles. The lowest BCUT2D eigenvalue weighted by atomic mass is 10.2. The van der Waals surface area contributed by atoms with Crippen molar-refractivity contribution in [3.63, 3.8) is 0 Å². The minimum absolute atomic E-state index is 0.428. The fraction of sp³-hybridized carbons (Fsp3) is 0.615. The summed E-state index contributed by atoms with van der Waals surface area (Å²) in [6.45, 7) is 4.45. The molecule has 0 saturated carbocycles. The maximum absolute atomic E-state index is 4.77. The van der Waals surface area contributed by atoms with Gasteiger partial charge in [-0.15, -0.1) is 11.3 Å². The van der Waals surface area contributed by atoms with Crippen molar-refractivity contribution in [2.24, 2.45) is 4.99 Å². The van der Waals surface area contributed by atoms with E-state index >= 15 is 0 Å². The van der Waals surface area contributed by atoms with Crippen LogP contribution in [0.15, 0.2) is 22.5 Å². The zero-order valence-corrected chi connectivity index (χ0v) is 12.1. The number of aliphatic imine (C=N–C) groups is 1. The molecule has 0 spiro atoms. The lowest BCUT2D eigenvalue weighted by molar-refractivity contribution is 0.606. The molecule has 17 heavy (non-hydrogen) atoms. The number of nitrogens with one attached hydrogen (secondary N) is 1. The highest BCUT2D eigenvalue weighted by atomic mass is 32.2. The van der Waals surface area contributed by atoms with Crippen LogP contribution in [0.1, 0.15) is 44.0 Å². The third-order valence-corrected chi connectivity index (χ3v) is 4.98. The number of hydrogen-bond acceptors (Lipinski definition) is 4. The maximum atomic E-state index is 4.77. The van der Waals surface area contributed by atoms with Crippen LogP contribution in [0.25, 0.3) is 0 Å². The van der Waals surface area contributed by atoms with E-state index in [-0.39, 0.29) is 0 Å². The van der Waals surface area contributed by atoms with E-state index in [1.165, 1.54) is 17.1 Å². The van der Waals surface area contributed by atoms with Crippen LogP contribution in [-0.4, -0.2) is 17.0 Å². The second-order valence-electron chi connectivity index (χ2n) is 4.25. The summed E-state index contributed by atoms with van der Waals surface area (Å²) in [5, 5.41) is 6.88. The van der Waals surface area contributed by atoms with E-state index in [1.54, 1.807) is 0 Å². The molecule has 1 aliphatic heterocycles. The van der Waals surface area contributed by atoms with E-state index in [2.05, 4.69) is 36.7 Å². The molecule has 2 nitrogen and oxygen atoms in total. The molecule has 1 aromatic heterocycles. The van der Waals surface area contributed by atoms with E-state index in [0.717, 1.165) is 18.0 Å². The molecule has 0 amide bonds. The van der Waals surface area contributed by atoms with Crippen LogP contribution in [-0.2, 0) is 0 Å². The molecule has 0 bridgehead atoms. The molecule has 0 radical (unpaired) electrons. The first kappa shape index (κ1) is 13.0. The molecule has 1 aromatic rings. The van der Waals surface area contributed by atoms with Gasteiger partial charge in [-0.25, -0.2) is 0 Å². The van der Waals surface area contributed by atoms with Crippen molar-refractivity contribution >= 4 is 28.3 Å². The molecule has 1 aliphatic rings. The number of amidine groups is 1. The summed E-state index contributed by atoms with van der Waals surface area (Å²) in [5.41, 5.74) is 0. The van der Waals surface area contributed by atoms with Crippen LogP contribution in [0.2, 0.25) is 0 Å². The number of nitrogens with zero attached hydrogens (tertiary/aromatic N) is 1. The van der Waals surface area contributed by atoms with Crippen molar-refractivity contribution in [1.29, 1.82) is 0 Å². The van der Waals surface area contributed by atoms with Gasteiger partial charge in [-0.1, -0.05) is 31.7 Å². The predicted molar refractivity (Wildman–Crippen MR) is 79.1 cm³/mol. The zero-order chi connectivity index (χ0) is 12.1. The quantitative estimate of drug-likeness (QED) is 0.890. The maximum Gasteiger partial charge on any atom is 0.157 e. The van der Waals surface area contributed by atoms with Crippen molar-refractivity contribution < 1.29 is 0 Å². The van der Waals surface area contributed by atoms with Crippen LogP contribution in [0.5, 0.6) is 0 Å². The van der Waals surface area contributed by atoms with E-state index in [0.29, 0.717) is 12.1 Å². The third-order valence-electron chi connectivity index (χ3n) is 3.05. The highest BCUT2D eigenvalue weighted by Crippen LogP contribution is 2.25. The Bertz CT molecular complexity index is 360. The highest BCUT2D eigenvalue weighted by molar-refractivity contribution is 8.13. The number of rotatable bonds is 4. The summed E-state index contributed by atoms with van der Waals surface area (Å²) in [7, 11) is 0. The minimum atomic E-state index is 0.428. The van der Waals surface area contributed by atoms with Crippen LogP contribution in [0, 0.1) is 0 Å². The van der Waals surface area contributed by atoms with Crippen LogP contribution < -0.4 is 5.32 Å². The van der Waals surface area contributed by atoms with Crippen LogP contribution in [0.4, 0.5) is 0 Å². The molecule has 0 saturated heterocycles. The Hall–Kier alpha value is -0.480. The van der Waals surface area contributed by atoms with Crippen molar-refractivity contribution in [3.8, 4) is 0 Å². The standard InChI is InChI=1S/C13H20N2S2/c1-3-10-7-9-17-13(14-10)15-11(4-2)12-6-5-8-16-12/h5-6,8,10-11H,3-4,7,9H2,1-2H3,(H,14,15). The Morgan fingerprint density at radius 3 is 3.06 bits per heavy atom. The second-order valence-corrected chi connectivity index (χ2v) is 6.32. The molecule has 1 N–H and O–H groups in total. The first-order valence-corrected chi connectivity index (χ1v) is 8.20. The normalized spacial score (nSPS) is 22.0. The summed E-state index contributed by atoms with van der Waals surface area (Å²) in [6, 6.07) is 5.28. The van der Waals surface area contributed by atoms with Crippen molar-refractivity contribution in [2.45, 2.75) is 45.2 Å². The highest BCUT2D eigenvalue weighted by Gasteiger charge is 2.17. The predicted octanol–water partition coefficient (Wildman–Crippen LogP) is 4.06. The molecule has 4 heteroatoms. The van der Waals surface area contributed by atoms with Gasteiger partial charge in [0.2, 0.25) is 0 Å². The number of hydrogen-bond donors (Lipinski definition) is 1. The monoisotopic (exact) mass is 268 g/mol. The van der Waals surface area contributed by atoms with Gasteiger partial charge < -0.3 is 5.32 Å². The van der Waals surface area contributed by atoms with E-state index in [9.17, 15) is 0 Å². The third kappa shape index (κ3) is 3.49. The molecule has 0 aromatic carbocycles. The topological polar surface area (TPSA) is 24.4 Å². The van der Waals surface area contributed by atoms with Gasteiger partial charge in [0.15, 0.2) is 5.17 Å². The summed E-state index contributed by atoms with van der Waals surface area (Å²) in [4.78, 5) is 6.18. The second kappa shape index (κ2) is 6.45. The Morgan fingerprint density at radius 2 is 2.41 bits per heavy atom. The van der Waals surface area contributed by atoms with Gasteiger partial charge in [0, 0.05) is 10.6 Å². The lowest BCUT2D eigenvalue weighted by Gasteiger charge is -2.23. The Labute approximate surface area is 112 Å². The molecule has 94 valence electrons. The minimum Gasteiger partial charge on any atom is -0.357 e. The largest absolute Gasteiger partial charge is 0.357 e. The SMILES string of the molecule is CCC1CCSC(NC(CC)c2cccs2)=N1. The molecule has 0 fully saturated rings. The Morgan fingerprint density at radius 1 is 1.53 bits per heavy atom. The summed E-state index contributed by atoms with van der Waals surface area (Å²) >= 11 is 3.69. The van der Waals surface area contributed by atoms with Gasteiger partial charge in [0.05, 0.1) is 12.1 Å². The average molecular weight is 268 g/mol. The first-order valence-electron chi connectivity index (χ1n) is 6.34. The summed E-state index contributed by atoms with van der Waals surface area (Å²) < 4.78 is 0. The number of thiophene rings is 1. The van der Waals surface area contributed by atoms with Crippen LogP contribution in [0.3, 0.4) is 0 Å². The fourth-order valence-electron chi connectivity index (χ4n) is 1.95. The van der Waals surface area contributed by atoms with E-state index < -0.39 is 0 Å². The van der Waals surface area contributed by atoms with Gasteiger partial charge in [0.1, 0.15) is 0 Å². The molecular formula is C13H20N2S2. The Balaban J connectivity index is 2.01. The smallest absolute Gasteiger partial charge is 0.157 e. The lowest BCUT2D eigenvalue weighted by Crippen LogP contribution is -2.29. The van der Waals surface area contributed by atoms with Gasteiger partial charge in [-0.3, -0.25) is 4.99 Å². The van der Waals surface area contributed by atoms with E-state index in [1.807, 2.05) is 23.1 Å². The van der Waals surface area contributed by atoms with Crippen molar-refractivity contribution in [1.82, 2.24) is 5.32 Å². The summed E-state index contributed by atoms with van der Waals surface area (Å²) in [6.07, 6.45) is 3.49.